The van der Waals surface area contributed by atoms with Gasteiger partial charge in [0, 0.05) is 6.54 Å². The molecule has 2 rings (SSSR count). The number of methoxy groups -OCH3 is 1. The summed E-state index contributed by atoms with van der Waals surface area (Å²) in [4.78, 5) is 24.6. The molecule has 0 aliphatic carbocycles. The quantitative estimate of drug-likeness (QED) is 0.867. The molecular formula is C15H17Cl2NO3. The molecule has 0 bridgehead atoms. The van der Waals surface area contributed by atoms with Crippen molar-refractivity contribution < 1.29 is 14.3 Å². The van der Waals surface area contributed by atoms with Crippen molar-refractivity contribution in [3.05, 3.63) is 33.8 Å². The number of hydrogen-bond acceptors (Lipinski definition) is 3. The van der Waals surface area contributed by atoms with E-state index < -0.39 is 17.3 Å². The number of piperidine rings is 1. The van der Waals surface area contributed by atoms with Crippen molar-refractivity contribution in [1.29, 1.82) is 0 Å². The number of halogens is 2. The molecule has 0 aromatic heterocycles. The van der Waals surface area contributed by atoms with Gasteiger partial charge in [-0.05, 0) is 30.5 Å². The zero-order chi connectivity index (χ0) is 15.6. The van der Waals surface area contributed by atoms with Crippen LogP contribution in [0, 0.1) is 5.92 Å². The Hall–Kier alpha value is -1.26. The summed E-state index contributed by atoms with van der Waals surface area (Å²) < 4.78 is 4.84. The summed E-state index contributed by atoms with van der Waals surface area (Å²) in [5.74, 6) is -1.21. The lowest BCUT2D eigenvalue weighted by molar-refractivity contribution is -0.152. The molecule has 1 aliphatic heterocycles. The average molecular weight is 330 g/mol. The standard InChI is InChI=1S/C15H17Cl2NO3/c1-9(13(19)21-2)15(6-3-7-18-14(15)20)10-4-5-11(16)12(17)8-10/h4-5,8-9H,3,6-7H2,1-2H3,(H,18,20). The molecule has 1 heterocycles. The van der Waals surface area contributed by atoms with E-state index in [0.717, 1.165) is 6.42 Å². The Bertz CT molecular complexity index is 576. The number of rotatable bonds is 3. The number of benzene rings is 1. The van der Waals surface area contributed by atoms with Crippen LogP contribution in [0.15, 0.2) is 18.2 Å². The zero-order valence-electron chi connectivity index (χ0n) is 11.9. The van der Waals surface area contributed by atoms with E-state index >= 15 is 0 Å². The Morgan fingerprint density at radius 3 is 2.67 bits per heavy atom. The molecule has 21 heavy (non-hydrogen) atoms. The van der Waals surface area contributed by atoms with E-state index in [1.54, 1.807) is 25.1 Å². The van der Waals surface area contributed by atoms with Crippen molar-refractivity contribution in [3.63, 3.8) is 0 Å². The van der Waals surface area contributed by atoms with E-state index in [4.69, 9.17) is 27.9 Å². The average Bonchev–Trinajstić information content (AvgIpc) is 2.49. The van der Waals surface area contributed by atoms with Crippen LogP contribution in [0.2, 0.25) is 10.0 Å². The van der Waals surface area contributed by atoms with Gasteiger partial charge in [0.25, 0.3) is 0 Å². The van der Waals surface area contributed by atoms with Gasteiger partial charge in [0.2, 0.25) is 5.91 Å². The van der Waals surface area contributed by atoms with E-state index in [9.17, 15) is 9.59 Å². The topological polar surface area (TPSA) is 55.4 Å². The number of carbonyl (C=O) groups excluding carboxylic acids is 2. The lowest BCUT2D eigenvalue weighted by Gasteiger charge is -2.40. The Kier molecular flexibility index (Phi) is 4.79. The molecule has 1 N–H and O–H groups in total. The van der Waals surface area contributed by atoms with Crippen LogP contribution < -0.4 is 5.32 Å². The molecule has 0 saturated carbocycles. The summed E-state index contributed by atoms with van der Waals surface area (Å²) in [7, 11) is 1.32. The van der Waals surface area contributed by atoms with E-state index in [2.05, 4.69) is 5.32 Å². The van der Waals surface area contributed by atoms with E-state index in [0.29, 0.717) is 28.6 Å². The molecule has 0 radical (unpaired) electrons. The minimum Gasteiger partial charge on any atom is -0.469 e. The molecule has 1 aromatic rings. The lowest BCUT2D eigenvalue weighted by Crippen LogP contribution is -2.54. The van der Waals surface area contributed by atoms with Crippen molar-refractivity contribution in [2.24, 2.45) is 5.92 Å². The summed E-state index contributed by atoms with van der Waals surface area (Å²) in [6.07, 6.45) is 1.35. The minimum atomic E-state index is -0.973. The maximum absolute atomic E-state index is 12.6. The molecule has 4 nitrogen and oxygen atoms in total. The second kappa shape index (κ2) is 6.24. The maximum atomic E-state index is 12.6. The van der Waals surface area contributed by atoms with Gasteiger partial charge in [-0.3, -0.25) is 9.59 Å². The first-order valence-electron chi connectivity index (χ1n) is 6.75. The molecule has 1 aliphatic rings. The third-order valence-corrected chi connectivity index (χ3v) is 4.91. The largest absolute Gasteiger partial charge is 0.469 e. The van der Waals surface area contributed by atoms with E-state index in [1.807, 2.05) is 0 Å². The van der Waals surface area contributed by atoms with Gasteiger partial charge < -0.3 is 10.1 Å². The summed E-state index contributed by atoms with van der Waals surface area (Å²) in [5, 5.41) is 3.62. The van der Waals surface area contributed by atoms with Crippen molar-refractivity contribution in [3.8, 4) is 0 Å². The molecule has 1 saturated heterocycles. The van der Waals surface area contributed by atoms with E-state index in [1.165, 1.54) is 7.11 Å². The highest BCUT2D eigenvalue weighted by Crippen LogP contribution is 2.41. The van der Waals surface area contributed by atoms with Gasteiger partial charge in [0.1, 0.15) is 0 Å². The Balaban J connectivity index is 2.57. The Morgan fingerprint density at radius 2 is 2.10 bits per heavy atom. The van der Waals surface area contributed by atoms with Crippen LogP contribution >= 0.6 is 23.2 Å². The molecule has 1 amide bonds. The number of hydrogen-bond donors (Lipinski definition) is 1. The first-order valence-corrected chi connectivity index (χ1v) is 7.50. The number of esters is 1. The monoisotopic (exact) mass is 329 g/mol. The fourth-order valence-corrected chi connectivity index (χ4v) is 3.23. The van der Waals surface area contributed by atoms with Crippen molar-refractivity contribution >= 4 is 35.1 Å². The molecule has 0 spiro atoms. The van der Waals surface area contributed by atoms with Crippen molar-refractivity contribution in [2.75, 3.05) is 13.7 Å². The second-order valence-corrected chi connectivity index (χ2v) is 6.02. The summed E-state index contributed by atoms with van der Waals surface area (Å²) >= 11 is 12.0. The number of ether oxygens (including phenoxy) is 1. The fourth-order valence-electron chi connectivity index (χ4n) is 2.93. The summed E-state index contributed by atoms with van der Waals surface area (Å²) in [5.41, 5.74) is -0.286. The SMILES string of the molecule is COC(=O)C(C)C1(c2ccc(Cl)c(Cl)c2)CCCNC1=O. The van der Waals surface area contributed by atoms with Gasteiger partial charge in [-0.15, -0.1) is 0 Å². The molecule has 6 heteroatoms. The second-order valence-electron chi connectivity index (χ2n) is 5.20. The molecule has 2 unspecified atom stereocenters. The maximum Gasteiger partial charge on any atom is 0.309 e. The van der Waals surface area contributed by atoms with Crippen LogP contribution in [0.3, 0.4) is 0 Å². The highest BCUT2D eigenvalue weighted by molar-refractivity contribution is 6.42. The van der Waals surface area contributed by atoms with Gasteiger partial charge in [-0.25, -0.2) is 0 Å². The number of amides is 1. The zero-order valence-corrected chi connectivity index (χ0v) is 13.4. The Labute approximate surface area is 133 Å². The molecule has 1 fully saturated rings. The molecular weight excluding hydrogens is 313 g/mol. The van der Waals surface area contributed by atoms with Gasteiger partial charge in [0.15, 0.2) is 0 Å². The number of carbonyl (C=O) groups is 2. The van der Waals surface area contributed by atoms with Gasteiger partial charge >= 0.3 is 5.97 Å². The van der Waals surface area contributed by atoms with Crippen molar-refractivity contribution in [1.82, 2.24) is 5.32 Å². The van der Waals surface area contributed by atoms with Crippen LogP contribution in [0.4, 0.5) is 0 Å². The third kappa shape index (κ3) is 2.74. The highest BCUT2D eigenvalue weighted by atomic mass is 35.5. The van der Waals surface area contributed by atoms with Gasteiger partial charge in [-0.1, -0.05) is 36.2 Å². The van der Waals surface area contributed by atoms with Crippen LogP contribution in [-0.4, -0.2) is 25.5 Å². The third-order valence-electron chi connectivity index (χ3n) is 4.17. The molecule has 114 valence electrons. The molecule has 2 atom stereocenters. The van der Waals surface area contributed by atoms with Crippen LogP contribution in [0.1, 0.15) is 25.3 Å². The first-order chi connectivity index (χ1) is 9.93. The molecule has 1 aromatic carbocycles. The lowest BCUT2D eigenvalue weighted by atomic mass is 9.66. The van der Waals surface area contributed by atoms with Crippen LogP contribution in [0.5, 0.6) is 0 Å². The summed E-state index contributed by atoms with van der Waals surface area (Å²) in [6, 6.07) is 5.06. The predicted octanol–water partition coefficient (Wildman–Crippen LogP) is 2.95. The highest BCUT2D eigenvalue weighted by Gasteiger charge is 2.49. The fraction of sp³-hybridized carbons (Fsp3) is 0.467. The minimum absolute atomic E-state index is 0.176. The normalized spacial score (nSPS) is 23.3. The van der Waals surface area contributed by atoms with Crippen LogP contribution in [-0.2, 0) is 19.7 Å². The van der Waals surface area contributed by atoms with Crippen molar-refractivity contribution in [2.45, 2.75) is 25.2 Å². The van der Waals surface area contributed by atoms with Gasteiger partial charge in [0.05, 0.1) is 28.5 Å². The smallest absolute Gasteiger partial charge is 0.309 e. The first kappa shape index (κ1) is 16.1. The summed E-state index contributed by atoms with van der Waals surface area (Å²) in [6.45, 7) is 2.31. The Morgan fingerprint density at radius 1 is 1.38 bits per heavy atom. The van der Waals surface area contributed by atoms with E-state index in [-0.39, 0.29) is 5.91 Å². The number of nitrogens with one attached hydrogen (secondary N) is 1. The van der Waals surface area contributed by atoms with Gasteiger partial charge in [-0.2, -0.15) is 0 Å². The van der Waals surface area contributed by atoms with Crippen LogP contribution in [0.25, 0.3) is 0 Å². The predicted molar refractivity (Wildman–Crippen MR) is 81.6 cm³/mol.